The number of benzene rings is 1. The van der Waals surface area contributed by atoms with Crippen molar-refractivity contribution in [1.29, 1.82) is 0 Å². The number of rotatable bonds is 3. The van der Waals surface area contributed by atoms with Crippen molar-refractivity contribution < 1.29 is 4.74 Å². The van der Waals surface area contributed by atoms with Gasteiger partial charge in [-0.15, -0.1) is 0 Å². The van der Waals surface area contributed by atoms with Gasteiger partial charge in [0.05, 0.1) is 12.3 Å². The van der Waals surface area contributed by atoms with Crippen molar-refractivity contribution in [1.82, 2.24) is 4.98 Å². The van der Waals surface area contributed by atoms with E-state index in [0.29, 0.717) is 12.4 Å². The number of para-hydroxylation sites is 1. The van der Waals surface area contributed by atoms with Crippen molar-refractivity contribution in [2.24, 2.45) is 0 Å². The lowest BCUT2D eigenvalue weighted by molar-refractivity contribution is 0.298. The van der Waals surface area contributed by atoms with Gasteiger partial charge in [0.25, 0.3) is 0 Å². The molecule has 0 fully saturated rings. The molecule has 0 amide bonds. The molecule has 0 saturated carbocycles. The summed E-state index contributed by atoms with van der Waals surface area (Å²) in [5.74, 6) is 0.646. The molecule has 1 N–H and O–H groups in total. The lowest BCUT2D eigenvalue weighted by Gasteiger charge is -2.03. The van der Waals surface area contributed by atoms with E-state index in [4.69, 9.17) is 12.6 Å². The van der Waals surface area contributed by atoms with Crippen LogP contribution in [0.1, 0.15) is 26.5 Å². The Kier molecular flexibility index (Phi) is 4.89. The summed E-state index contributed by atoms with van der Waals surface area (Å²) in [6.45, 7) is 10.4. The second kappa shape index (κ2) is 6.19. The van der Waals surface area contributed by atoms with Gasteiger partial charge in [-0.25, -0.2) is 0 Å². The van der Waals surface area contributed by atoms with Crippen LogP contribution in [0, 0.1) is 0 Å². The Balaban J connectivity index is 0.000000686. The topological polar surface area (TPSA) is 25.0 Å². The third-order valence-electron chi connectivity index (χ3n) is 2.31. The fourth-order valence-corrected chi connectivity index (χ4v) is 1.58. The summed E-state index contributed by atoms with van der Waals surface area (Å²) in [5.41, 5.74) is 2.56. The Hall–Kier alpha value is -1.64. The molecule has 0 spiro atoms. The van der Waals surface area contributed by atoms with Gasteiger partial charge < -0.3 is 9.72 Å². The summed E-state index contributed by atoms with van der Waals surface area (Å²) < 4.78 is 5.33. The zero-order valence-electron chi connectivity index (χ0n) is 10.7. The Morgan fingerprint density at radius 2 is 2.12 bits per heavy atom. The zero-order chi connectivity index (χ0) is 12.8. The molecule has 2 nitrogen and oxygen atoms in total. The van der Waals surface area contributed by atoms with E-state index in [1.54, 1.807) is 0 Å². The number of H-pyrrole nitrogens is 1. The first kappa shape index (κ1) is 13.4. The maximum Gasteiger partial charge on any atom is 0.135 e. The molecule has 2 rings (SSSR count). The molecule has 88 valence electrons. The van der Waals surface area contributed by atoms with E-state index in [2.05, 4.69) is 11.6 Å². The van der Waals surface area contributed by atoms with Crippen molar-refractivity contribution in [2.75, 3.05) is 6.61 Å². The molecule has 0 aliphatic rings. The number of hydrogen-bond donors (Lipinski definition) is 1. The van der Waals surface area contributed by atoms with Crippen molar-refractivity contribution in [3.05, 3.63) is 36.5 Å². The molecule has 1 heterocycles. The average molecular weight is 227 g/mol. The lowest BCUT2D eigenvalue weighted by atomic mass is 9.94. The Morgan fingerprint density at radius 1 is 1.41 bits per heavy atom. The van der Waals surface area contributed by atoms with Crippen LogP contribution in [0.25, 0.3) is 16.7 Å². The Bertz CT molecular complexity index is 502. The second-order valence-corrected chi connectivity index (χ2v) is 3.35. The number of ether oxygens (including phenoxy) is 1. The van der Waals surface area contributed by atoms with Gasteiger partial charge in [-0.1, -0.05) is 44.1 Å². The van der Waals surface area contributed by atoms with E-state index in [1.165, 1.54) is 0 Å². The average Bonchev–Trinajstić information content (AvgIpc) is 2.77. The van der Waals surface area contributed by atoms with Gasteiger partial charge in [0.1, 0.15) is 13.6 Å². The summed E-state index contributed by atoms with van der Waals surface area (Å²) >= 11 is 0. The summed E-state index contributed by atoms with van der Waals surface area (Å²) in [4.78, 5) is 3.20. The molecule has 0 saturated heterocycles. The van der Waals surface area contributed by atoms with Gasteiger partial charge in [-0.2, -0.15) is 0 Å². The molecule has 0 aliphatic heterocycles. The smallest absolute Gasteiger partial charge is 0.135 e. The summed E-state index contributed by atoms with van der Waals surface area (Å²) in [5, 5.41) is 1.07. The van der Waals surface area contributed by atoms with E-state index < -0.39 is 0 Å². The van der Waals surface area contributed by atoms with Gasteiger partial charge >= 0.3 is 0 Å². The number of hydrogen-bond acceptors (Lipinski definition) is 1. The van der Waals surface area contributed by atoms with Gasteiger partial charge in [0.2, 0.25) is 0 Å². The van der Waals surface area contributed by atoms with Crippen LogP contribution in [0.4, 0.5) is 0 Å². The van der Waals surface area contributed by atoms with Gasteiger partial charge in [0.15, 0.2) is 0 Å². The maximum atomic E-state index is 5.84. The Morgan fingerprint density at radius 3 is 2.71 bits per heavy atom. The largest absolute Gasteiger partial charge is 0.492 e. The molecule has 2 aromatic rings. The zero-order valence-corrected chi connectivity index (χ0v) is 10.7. The molecule has 3 heteroatoms. The number of fused-ring (bicyclic) bond motifs is 1. The SMILES string of the molecule is CC.[B]c1cccc2cc(C(=C)OCC)[nH]c12. The second-order valence-electron chi connectivity index (χ2n) is 3.35. The highest BCUT2D eigenvalue weighted by molar-refractivity contribution is 6.38. The fourth-order valence-electron chi connectivity index (χ4n) is 1.58. The Labute approximate surface area is 104 Å². The third-order valence-corrected chi connectivity index (χ3v) is 2.31. The minimum absolute atomic E-state index is 0.615. The molecule has 0 aliphatic carbocycles. The normalized spacial score (nSPS) is 9.59. The van der Waals surface area contributed by atoms with E-state index in [1.807, 2.05) is 45.0 Å². The van der Waals surface area contributed by atoms with Crippen molar-refractivity contribution in [3.63, 3.8) is 0 Å². The molecule has 0 atom stereocenters. The number of aromatic nitrogens is 1. The minimum atomic E-state index is 0.615. The first-order valence-electron chi connectivity index (χ1n) is 5.91. The van der Waals surface area contributed by atoms with E-state index in [9.17, 15) is 0 Å². The van der Waals surface area contributed by atoms with Crippen molar-refractivity contribution in [2.45, 2.75) is 20.8 Å². The highest BCUT2D eigenvalue weighted by atomic mass is 16.5. The summed E-state index contributed by atoms with van der Waals surface area (Å²) in [6, 6.07) is 7.79. The van der Waals surface area contributed by atoms with Crippen molar-refractivity contribution in [3.8, 4) is 0 Å². The van der Waals surface area contributed by atoms with Crippen LogP contribution in [0.2, 0.25) is 0 Å². The van der Waals surface area contributed by atoms with Crippen LogP contribution >= 0.6 is 0 Å². The predicted molar refractivity (Wildman–Crippen MR) is 75.7 cm³/mol. The van der Waals surface area contributed by atoms with Crippen LogP contribution in [-0.2, 0) is 4.74 Å². The molecule has 1 aromatic carbocycles. The van der Waals surface area contributed by atoms with Crippen LogP contribution in [0.5, 0.6) is 0 Å². The number of aromatic amines is 1. The highest BCUT2D eigenvalue weighted by Crippen LogP contribution is 2.18. The maximum absolute atomic E-state index is 5.84. The first-order valence-corrected chi connectivity index (χ1v) is 5.91. The molecule has 0 bridgehead atoms. The standard InChI is InChI=1S/C12H12BNO.C2H6/c1-3-15-8(2)11-7-9-5-4-6-10(13)12(9)14-11;1-2/h4-7,14H,2-3H2,1H3;1-2H3. The molecule has 0 unspecified atom stereocenters. The minimum Gasteiger partial charge on any atom is -0.492 e. The van der Waals surface area contributed by atoms with E-state index >= 15 is 0 Å². The van der Waals surface area contributed by atoms with Gasteiger partial charge in [-0.05, 0) is 18.4 Å². The van der Waals surface area contributed by atoms with Crippen LogP contribution < -0.4 is 5.46 Å². The van der Waals surface area contributed by atoms with Crippen LogP contribution in [0.15, 0.2) is 30.8 Å². The molecule has 17 heavy (non-hydrogen) atoms. The third kappa shape index (κ3) is 2.93. The highest BCUT2D eigenvalue weighted by Gasteiger charge is 2.05. The van der Waals surface area contributed by atoms with Crippen molar-refractivity contribution >= 4 is 30.0 Å². The predicted octanol–water partition coefficient (Wildman–Crippen LogP) is 3.00. The van der Waals surface area contributed by atoms with E-state index in [-0.39, 0.29) is 0 Å². The monoisotopic (exact) mass is 227 g/mol. The number of nitrogens with one attached hydrogen (secondary N) is 1. The molecule has 1 aromatic heterocycles. The molecular formula is C14H18BNO. The molecular weight excluding hydrogens is 209 g/mol. The summed E-state index contributed by atoms with van der Waals surface area (Å²) in [7, 11) is 5.84. The van der Waals surface area contributed by atoms with Crippen LogP contribution in [0.3, 0.4) is 0 Å². The molecule has 2 radical (unpaired) electrons. The first-order chi connectivity index (χ1) is 8.22. The van der Waals surface area contributed by atoms with Crippen LogP contribution in [-0.4, -0.2) is 19.4 Å². The van der Waals surface area contributed by atoms with E-state index in [0.717, 1.165) is 22.1 Å². The lowest BCUT2D eigenvalue weighted by Crippen LogP contribution is -2.02. The summed E-state index contributed by atoms with van der Waals surface area (Å²) in [6.07, 6.45) is 0. The van der Waals surface area contributed by atoms with Gasteiger partial charge in [0, 0.05) is 5.52 Å². The quantitative estimate of drug-likeness (QED) is 0.632. The van der Waals surface area contributed by atoms with Gasteiger partial charge in [-0.3, -0.25) is 0 Å². The fraction of sp³-hybridized carbons (Fsp3) is 0.286.